The van der Waals surface area contributed by atoms with Crippen LogP contribution < -0.4 is 5.32 Å². The number of hydrogen-bond acceptors (Lipinski definition) is 4. The Morgan fingerprint density at radius 2 is 1.96 bits per heavy atom. The molecule has 0 spiro atoms. The van der Waals surface area contributed by atoms with E-state index in [0.717, 1.165) is 16.8 Å². The van der Waals surface area contributed by atoms with E-state index in [1.54, 1.807) is 24.3 Å². The molecule has 1 aliphatic heterocycles. The van der Waals surface area contributed by atoms with Gasteiger partial charge in [-0.3, -0.25) is 4.79 Å². The molecule has 1 aliphatic rings. The second kappa shape index (κ2) is 6.30. The van der Waals surface area contributed by atoms with Crippen molar-refractivity contribution in [3.63, 3.8) is 0 Å². The number of nitrogens with one attached hydrogen (secondary N) is 1. The first-order chi connectivity index (χ1) is 11.0. The van der Waals surface area contributed by atoms with Crippen LogP contribution in [-0.4, -0.2) is 16.2 Å². The van der Waals surface area contributed by atoms with Gasteiger partial charge in [0.05, 0.1) is 10.6 Å². The Morgan fingerprint density at radius 1 is 1.17 bits per heavy atom. The molecule has 3 rings (SSSR count). The summed E-state index contributed by atoms with van der Waals surface area (Å²) in [4.78, 5) is 17.1. The molecule has 116 valence electrons. The molecule has 5 heteroatoms. The van der Waals surface area contributed by atoms with Crippen LogP contribution in [0, 0.1) is 13.8 Å². The van der Waals surface area contributed by atoms with Gasteiger partial charge in [0.25, 0.3) is 5.91 Å². The van der Waals surface area contributed by atoms with E-state index in [9.17, 15) is 9.90 Å². The lowest BCUT2D eigenvalue weighted by Crippen LogP contribution is -2.19. The third-order valence-corrected chi connectivity index (χ3v) is 4.37. The van der Waals surface area contributed by atoms with Crippen molar-refractivity contribution < 1.29 is 9.90 Å². The molecule has 0 aliphatic carbocycles. The molecule has 2 aromatic rings. The fourth-order valence-electron chi connectivity index (χ4n) is 2.18. The number of carbonyl (C=O) groups excluding carboxylic acids is 1. The maximum absolute atomic E-state index is 12.1. The highest BCUT2D eigenvalue weighted by Gasteiger charge is 2.24. The predicted octanol–water partition coefficient (Wildman–Crippen LogP) is 3.90. The van der Waals surface area contributed by atoms with E-state index in [2.05, 4.69) is 10.3 Å². The SMILES string of the molecule is Cc1ccc(C)c(N=C2NC(=O)/C(=C/c3ccccc3O)S2)c1. The van der Waals surface area contributed by atoms with Crippen LogP contribution in [0.25, 0.3) is 6.08 Å². The van der Waals surface area contributed by atoms with Gasteiger partial charge in [0, 0.05) is 5.56 Å². The number of aryl methyl sites for hydroxylation is 2. The van der Waals surface area contributed by atoms with Crippen LogP contribution in [0.2, 0.25) is 0 Å². The molecule has 0 aromatic heterocycles. The van der Waals surface area contributed by atoms with Crippen molar-refractivity contribution >= 4 is 34.6 Å². The van der Waals surface area contributed by atoms with Crippen LogP contribution in [0.3, 0.4) is 0 Å². The van der Waals surface area contributed by atoms with Crippen molar-refractivity contribution in [2.45, 2.75) is 13.8 Å². The summed E-state index contributed by atoms with van der Waals surface area (Å²) in [6.45, 7) is 3.99. The van der Waals surface area contributed by atoms with Crippen LogP contribution in [0.15, 0.2) is 52.4 Å². The predicted molar refractivity (Wildman–Crippen MR) is 94.8 cm³/mol. The lowest BCUT2D eigenvalue weighted by Gasteiger charge is -2.02. The number of phenols is 1. The zero-order chi connectivity index (χ0) is 16.4. The standard InChI is InChI=1S/C18H16N2O2S/c1-11-7-8-12(2)14(9-11)19-18-20-17(22)16(23-18)10-13-5-3-4-6-15(13)21/h3-10,21H,1-2H3,(H,19,20,22)/b16-10-. The highest BCUT2D eigenvalue weighted by Crippen LogP contribution is 2.31. The average molecular weight is 324 g/mol. The lowest BCUT2D eigenvalue weighted by atomic mass is 10.1. The average Bonchev–Trinajstić information content (AvgIpc) is 2.85. The molecule has 4 nitrogen and oxygen atoms in total. The topological polar surface area (TPSA) is 61.7 Å². The van der Waals surface area contributed by atoms with Gasteiger partial charge < -0.3 is 10.4 Å². The quantitative estimate of drug-likeness (QED) is 0.824. The highest BCUT2D eigenvalue weighted by molar-refractivity contribution is 8.18. The zero-order valence-electron chi connectivity index (χ0n) is 12.8. The summed E-state index contributed by atoms with van der Waals surface area (Å²) in [6, 6.07) is 12.9. The summed E-state index contributed by atoms with van der Waals surface area (Å²) in [6.07, 6.45) is 1.67. The number of carbonyl (C=O) groups is 1. The van der Waals surface area contributed by atoms with Crippen LogP contribution in [0.5, 0.6) is 5.75 Å². The number of thioether (sulfide) groups is 1. The molecule has 0 atom stereocenters. The van der Waals surface area contributed by atoms with Crippen LogP contribution in [0.1, 0.15) is 16.7 Å². The minimum atomic E-state index is -0.206. The van der Waals surface area contributed by atoms with Gasteiger partial charge in [0.1, 0.15) is 5.75 Å². The number of hydrogen-bond donors (Lipinski definition) is 2. The van der Waals surface area contributed by atoms with E-state index >= 15 is 0 Å². The maximum atomic E-state index is 12.1. The van der Waals surface area contributed by atoms with Gasteiger partial charge in [-0.1, -0.05) is 30.3 Å². The third-order valence-electron chi connectivity index (χ3n) is 3.46. The minimum absolute atomic E-state index is 0.147. The maximum Gasteiger partial charge on any atom is 0.264 e. The number of amides is 1. The molecule has 1 heterocycles. The summed E-state index contributed by atoms with van der Waals surface area (Å²) >= 11 is 1.27. The second-order valence-corrected chi connectivity index (χ2v) is 6.36. The Kier molecular flexibility index (Phi) is 4.21. The van der Waals surface area contributed by atoms with Gasteiger partial charge in [-0.2, -0.15) is 0 Å². The zero-order valence-corrected chi connectivity index (χ0v) is 13.6. The molecular weight excluding hydrogens is 308 g/mol. The summed E-state index contributed by atoms with van der Waals surface area (Å²) in [5.74, 6) is -0.0596. The largest absolute Gasteiger partial charge is 0.507 e. The molecule has 1 saturated heterocycles. The fraction of sp³-hybridized carbons (Fsp3) is 0.111. The lowest BCUT2D eigenvalue weighted by molar-refractivity contribution is -0.115. The van der Waals surface area contributed by atoms with Crippen molar-refractivity contribution in [3.8, 4) is 5.75 Å². The van der Waals surface area contributed by atoms with Gasteiger partial charge in [-0.05, 0) is 54.9 Å². The van der Waals surface area contributed by atoms with E-state index in [1.165, 1.54) is 11.8 Å². The highest BCUT2D eigenvalue weighted by atomic mass is 32.2. The Morgan fingerprint density at radius 3 is 2.74 bits per heavy atom. The number of rotatable bonds is 2. The number of aliphatic imine (C=N–C) groups is 1. The molecule has 0 saturated carbocycles. The monoisotopic (exact) mass is 324 g/mol. The molecule has 0 bridgehead atoms. The number of benzene rings is 2. The third kappa shape index (κ3) is 3.46. The van der Waals surface area contributed by atoms with Gasteiger partial charge >= 0.3 is 0 Å². The van der Waals surface area contributed by atoms with Gasteiger partial charge in [-0.25, -0.2) is 4.99 Å². The first kappa shape index (κ1) is 15.4. The molecule has 1 amide bonds. The summed E-state index contributed by atoms with van der Waals surface area (Å²) in [5, 5.41) is 13.1. The number of nitrogens with zero attached hydrogens (tertiary/aromatic N) is 1. The summed E-state index contributed by atoms with van der Waals surface area (Å²) in [5.41, 5.74) is 3.63. The molecule has 1 fully saturated rings. The van der Waals surface area contributed by atoms with E-state index < -0.39 is 0 Å². The molecule has 2 aromatic carbocycles. The summed E-state index contributed by atoms with van der Waals surface area (Å²) in [7, 11) is 0. The Bertz CT molecular complexity index is 841. The van der Waals surface area contributed by atoms with E-state index in [0.29, 0.717) is 15.6 Å². The molecule has 2 N–H and O–H groups in total. The summed E-state index contributed by atoms with van der Waals surface area (Å²) < 4.78 is 0. The Balaban J connectivity index is 1.89. The fourth-order valence-corrected chi connectivity index (χ4v) is 3.01. The van der Waals surface area contributed by atoms with Gasteiger partial charge in [0.2, 0.25) is 0 Å². The van der Waals surface area contributed by atoms with Gasteiger partial charge in [-0.15, -0.1) is 0 Å². The Hall–Kier alpha value is -2.53. The first-order valence-corrected chi connectivity index (χ1v) is 7.99. The molecule has 0 unspecified atom stereocenters. The van der Waals surface area contributed by atoms with Crippen molar-refractivity contribution in [2.24, 2.45) is 4.99 Å². The number of amidine groups is 1. The van der Waals surface area contributed by atoms with Crippen LogP contribution >= 0.6 is 11.8 Å². The van der Waals surface area contributed by atoms with Crippen LogP contribution in [0.4, 0.5) is 5.69 Å². The number of phenolic OH excluding ortho intramolecular Hbond substituents is 1. The number of aromatic hydroxyl groups is 1. The first-order valence-electron chi connectivity index (χ1n) is 7.18. The van der Waals surface area contributed by atoms with Gasteiger partial charge in [0.15, 0.2) is 5.17 Å². The number of para-hydroxylation sites is 1. The van der Waals surface area contributed by atoms with E-state index in [-0.39, 0.29) is 11.7 Å². The van der Waals surface area contributed by atoms with E-state index in [1.807, 2.05) is 38.1 Å². The second-order valence-electron chi connectivity index (χ2n) is 5.33. The molecule has 23 heavy (non-hydrogen) atoms. The smallest absolute Gasteiger partial charge is 0.264 e. The van der Waals surface area contributed by atoms with Crippen molar-refractivity contribution in [3.05, 3.63) is 64.1 Å². The van der Waals surface area contributed by atoms with Crippen molar-refractivity contribution in [1.82, 2.24) is 5.32 Å². The normalized spacial score (nSPS) is 17.7. The van der Waals surface area contributed by atoms with Crippen molar-refractivity contribution in [1.29, 1.82) is 0 Å². The molecular formula is C18H16N2O2S. The molecule has 0 radical (unpaired) electrons. The van der Waals surface area contributed by atoms with E-state index in [4.69, 9.17) is 0 Å². The minimum Gasteiger partial charge on any atom is -0.507 e. The van der Waals surface area contributed by atoms with Crippen molar-refractivity contribution in [2.75, 3.05) is 0 Å². The van der Waals surface area contributed by atoms with Crippen LogP contribution in [-0.2, 0) is 4.79 Å². The Labute approximate surface area is 139 Å².